The SMILES string of the molecule is O=NN1CCC(O)(c2cccc(C(F)(F)F)c2)CC1. The number of hydrogen-bond donors (Lipinski definition) is 1. The molecule has 0 aromatic heterocycles. The van der Waals surface area contributed by atoms with Gasteiger partial charge in [0.15, 0.2) is 0 Å². The van der Waals surface area contributed by atoms with E-state index < -0.39 is 17.3 Å². The number of halogens is 3. The van der Waals surface area contributed by atoms with E-state index in [1.54, 1.807) is 0 Å². The Morgan fingerprint density at radius 3 is 2.42 bits per heavy atom. The van der Waals surface area contributed by atoms with Crippen molar-refractivity contribution in [2.45, 2.75) is 24.6 Å². The minimum Gasteiger partial charge on any atom is -0.385 e. The molecule has 0 aliphatic carbocycles. The van der Waals surface area contributed by atoms with Crippen LogP contribution in [0.3, 0.4) is 0 Å². The van der Waals surface area contributed by atoms with E-state index in [1.165, 1.54) is 17.1 Å². The summed E-state index contributed by atoms with van der Waals surface area (Å²) in [5, 5.41) is 14.4. The van der Waals surface area contributed by atoms with Crippen molar-refractivity contribution in [2.24, 2.45) is 5.29 Å². The maximum Gasteiger partial charge on any atom is 0.416 e. The van der Waals surface area contributed by atoms with Crippen molar-refractivity contribution in [3.8, 4) is 0 Å². The van der Waals surface area contributed by atoms with Gasteiger partial charge < -0.3 is 5.11 Å². The molecule has 4 nitrogen and oxygen atoms in total. The first kappa shape index (κ1) is 13.8. The fourth-order valence-electron chi connectivity index (χ4n) is 2.22. The van der Waals surface area contributed by atoms with Crippen LogP contribution in [0.5, 0.6) is 0 Å². The van der Waals surface area contributed by atoms with Crippen LogP contribution in [0, 0.1) is 4.91 Å². The molecule has 1 aromatic rings. The monoisotopic (exact) mass is 274 g/mol. The van der Waals surface area contributed by atoms with Crippen LogP contribution in [0.15, 0.2) is 29.6 Å². The highest BCUT2D eigenvalue weighted by molar-refractivity contribution is 5.30. The minimum atomic E-state index is -4.43. The van der Waals surface area contributed by atoms with Gasteiger partial charge in [-0.05, 0) is 30.5 Å². The van der Waals surface area contributed by atoms with Gasteiger partial charge in [0.1, 0.15) is 0 Å². The van der Waals surface area contributed by atoms with E-state index in [0.717, 1.165) is 12.1 Å². The highest BCUT2D eigenvalue weighted by atomic mass is 19.4. The first-order valence-electron chi connectivity index (χ1n) is 5.83. The summed E-state index contributed by atoms with van der Waals surface area (Å²) in [5.41, 5.74) is -1.88. The molecular formula is C12H13F3N2O2. The maximum absolute atomic E-state index is 12.6. The zero-order valence-electron chi connectivity index (χ0n) is 10.0. The van der Waals surface area contributed by atoms with Crippen molar-refractivity contribution in [3.05, 3.63) is 40.3 Å². The summed E-state index contributed by atoms with van der Waals surface area (Å²) in [6.45, 7) is 0.465. The van der Waals surface area contributed by atoms with E-state index in [4.69, 9.17) is 0 Å². The predicted octanol–water partition coefficient (Wildman–Crippen LogP) is 2.67. The lowest BCUT2D eigenvalue weighted by molar-refractivity contribution is -0.137. The molecule has 0 unspecified atom stereocenters. The third-order valence-electron chi connectivity index (χ3n) is 3.41. The maximum atomic E-state index is 12.6. The number of alkyl halides is 3. The van der Waals surface area contributed by atoms with Crippen molar-refractivity contribution in [1.82, 2.24) is 5.01 Å². The fourth-order valence-corrected chi connectivity index (χ4v) is 2.22. The van der Waals surface area contributed by atoms with Gasteiger partial charge in [0.2, 0.25) is 0 Å². The van der Waals surface area contributed by atoms with Crippen LogP contribution in [0.1, 0.15) is 24.0 Å². The van der Waals surface area contributed by atoms with E-state index in [1.807, 2.05) is 0 Å². The smallest absolute Gasteiger partial charge is 0.385 e. The predicted molar refractivity (Wildman–Crippen MR) is 61.9 cm³/mol. The van der Waals surface area contributed by atoms with E-state index in [-0.39, 0.29) is 31.5 Å². The largest absolute Gasteiger partial charge is 0.416 e. The third kappa shape index (κ3) is 2.86. The quantitative estimate of drug-likeness (QED) is 0.843. The lowest BCUT2D eigenvalue weighted by Gasteiger charge is -2.36. The Balaban J connectivity index is 2.24. The van der Waals surface area contributed by atoms with Gasteiger partial charge in [-0.25, -0.2) is 0 Å². The molecule has 1 aliphatic heterocycles. The second-order valence-corrected chi connectivity index (χ2v) is 4.65. The second-order valence-electron chi connectivity index (χ2n) is 4.65. The molecule has 0 bridgehead atoms. The molecular weight excluding hydrogens is 261 g/mol. The molecule has 0 spiro atoms. The molecule has 1 N–H and O–H groups in total. The molecule has 19 heavy (non-hydrogen) atoms. The molecule has 1 aromatic carbocycles. The van der Waals surface area contributed by atoms with Gasteiger partial charge in [0.25, 0.3) is 0 Å². The standard InChI is InChI=1S/C12H13F3N2O2/c13-12(14,15)10-3-1-2-9(8-10)11(18)4-6-17(16-19)7-5-11/h1-3,8,18H,4-7H2. The summed E-state index contributed by atoms with van der Waals surface area (Å²) in [4.78, 5) is 10.3. The number of aliphatic hydroxyl groups is 1. The third-order valence-corrected chi connectivity index (χ3v) is 3.41. The van der Waals surface area contributed by atoms with Crippen LogP contribution in [-0.4, -0.2) is 23.2 Å². The highest BCUT2D eigenvalue weighted by Gasteiger charge is 2.37. The molecule has 1 saturated heterocycles. The Labute approximate surface area is 107 Å². The average Bonchev–Trinajstić information content (AvgIpc) is 2.39. The van der Waals surface area contributed by atoms with Gasteiger partial charge in [0.05, 0.1) is 16.5 Å². The van der Waals surface area contributed by atoms with Crippen LogP contribution in [-0.2, 0) is 11.8 Å². The molecule has 0 radical (unpaired) electrons. The lowest BCUT2D eigenvalue weighted by Crippen LogP contribution is -2.40. The van der Waals surface area contributed by atoms with Gasteiger partial charge in [-0.15, -0.1) is 4.91 Å². The molecule has 1 fully saturated rings. The van der Waals surface area contributed by atoms with E-state index in [0.29, 0.717) is 0 Å². The number of nitroso groups, excluding NO2 is 1. The summed E-state index contributed by atoms with van der Waals surface area (Å²) in [6, 6.07) is 4.68. The van der Waals surface area contributed by atoms with Gasteiger partial charge in [0, 0.05) is 13.1 Å². The lowest BCUT2D eigenvalue weighted by atomic mass is 9.84. The number of rotatable bonds is 2. The number of piperidine rings is 1. The van der Waals surface area contributed by atoms with Crippen molar-refractivity contribution < 1.29 is 18.3 Å². The van der Waals surface area contributed by atoms with Crippen molar-refractivity contribution in [2.75, 3.05) is 13.1 Å². The van der Waals surface area contributed by atoms with Crippen LogP contribution >= 0.6 is 0 Å². The van der Waals surface area contributed by atoms with Crippen molar-refractivity contribution in [1.29, 1.82) is 0 Å². The summed E-state index contributed by atoms with van der Waals surface area (Å²) < 4.78 is 37.9. The van der Waals surface area contributed by atoms with Gasteiger partial charge in [-0.2, -0.15) is 13.2 Å². The Morgan fingerprint density at radius 1 is 1.26 bits per heavy atom. The molecule has 1 heterocycles. The Bertz CT molecular complexity index is 468. The molecule has 0 amide bonds. The summed E-state index contributed by atoms with van der Waals surface area (Å²) in [6.07, 6.45) is -4.07. The zero-order chi connectivity index (χ0) is 14.1. The molecule has 1 aliphatic rings. The fraction of sp³-hybridized carbons (Fsp3) is 0.500. The van der Waals surface area contributed by atoms with E-state index in [2.05, 4.69) is 5.29 Å². The first-order chi connectivity index (χ1) is 8.85. The van der Waals surface area contributed by atoms with Crippen LogP contribution < -0.4 is 0 Å². The van der Waals surface area contributed by atoms with Crippen LogP contribution in [0.2, 0.25) is 0 Å². The first-order valence-corrected chi connectivity index (χ1v) is 5.83. The normalized spacial score (nSPS) is 19.3. The second kappa shape index (κ2) is 4.80. The van der Waals surface area contributed by atoms with Gasteiger partial charge >= 0.3 is 6.18 Å². The highest BCUT2D eigenvalue weighted by Crippen LogP contribution is 2.36. The molecule has 7 heteroatoms. The molecule has 104 valence electrons. The summed E-state index contributed by atoms with van der Waals surface area (Å²) >= 11 is 0. The number of hydrogen-bond acceptors (Lipinski definition) is 3. The Hall–Kier alpha value is -1.63. The van der Waals surface area contributed by atoms with E-state index >= 15 is 0 Å². The number of benzene rings is 1. The summed E-state index contributed by atoms with van der Waals surface area (Å²) in [5.74, 6) is 0. The Morgan fingerprint density at radius 2 is 1.89 bits per heavy atom. The molecule has 0 saturated carbocycles. The van der Waals surface area contributed by atoms with Gasteiger partial charge in [-0.3, -0.25) is 5.01 Å². The Kier molecular flexibility index (Phi) is 3.49. The van der Waals surface area contributed by atoms with Crippen LogP contribution in [0.4, 0.5) is 13.2 Å². The topological polar surface area (TPSA) is 52.9 Å². The van der Waals surface area contributed by atoms with Crippen molar-refractivity contribution >= 4 is 0 Å². The van der Waals surface area contributed by atoms with Crippen LogP contribution in [0.25, 0.3) is 0 Å². The van der Waals surface area contributed by atoms with Crippen molar-refractivity contribution in [3.63, 3.8) is 0 Å². The molecule has 0 atom stereocenters. The number of nitrogens with zero attached hydrogens (tertiary/aromatic N) is 2. The molecule has 2 rings (SSSR count). The summed E-state index contributed by atoms with van der Waals surface area (Å²) in [7, 11) is 0. The van der Waals surface area contributed by atoms with E-state index in [9.17, 15) is 23.2 Å². The minimum absolute atomic E-state index is 0.181. The van der Waals surface area contributed by atoms with Gasteiger partial charge in [-0.1, -0.05) is 12.1 Å². The average molecular weight is 274 g/mol. The zero-order valence-corrected chi connectivity index (χ0v) is 10.0.